The van der Waals surface area contributed by atoms with Gasteiger partial charge in [-0.3, -0.25) is 4.79 Å². The molecule has 6 heteroatoms. The Morgan fingerprint density at radius 3 is 2.52 bits per heavy atom. The van der Waals surface area contributed by atoms with Gasteiger partial charge in [0.1, 0.15) is 5.25 Å². The zero-order chi connectivity index (χ0) is 19.4. The third-order valence-electron chi connectivity index (χ3n) is 5.48. The summed E-state index contributed by atoms with van der Waals surface area (Å²) >= 11 is 1.42. The van der Waals surface area contributed by atoms with Crippen molar-refractivity contribution in [1.29, 1.82) is 0 Å². The minimum atomic E-state index is -3.59. The number of hydrogen-bond donors (Lipinski definition) is 1. The van der Waals surface area contributed by atoms with E-state index in [0.29, 0.717) is 4.90 Å². The van der Waals surface area contributed by atoms with Crippen LogP contribution in [0.2, 0.25) is 0 Å². The molecule has 1 amide bonds. The molecule has 1 heterocycles. The van der Waals surface area contributed by atoms with E-state index in [0.717, 1.165) is 41.7 Å². The van der Waals surface area contributed by atoms with Crippen molar-refractivity contribution in [2.24, 2.45) is 5.92 Å². The molecule has 0 bridgehead atoms. The lowest BCUT2D eigenvalue weighted by Gasteiger charge is -2.23. The molecule has 1 atom stereocenters. The van der Waals surface area contributed by atoms with Crippen LogP contribution in [-0.2, 0) is 14.6 Å². The largest absolute Gasteiger partial charge is 0.354 e. The number of carbonyl (C=O) groups excluding carboxylic acids is 1. The predicted molar refractivity (Wildman–Crippen MR) is 110 cm³/mol. The highest BCUT2D eigenvalue weighted by atomic mass is 32.2. The van der Waals surface area contributed by atoms with Crippen molar-refractivity contribution in [2.45, 2.75) is 56.1 Å². The van der Waals surface area contributed by atoms with Gasteiger partial charge in [0.05, 0.1) is 4.90 Å². The highest BCUT2D eigenvalue weighted by Crippen LogP contribution is 2.32. The van der Waals surface area contributed by atoms with Gasteiger partial charge in [-0.15, -0.1) is 11.3 Å². The third kappa shape index (κ3) is 4.61. The number of aryl methyl sites for hydroxylation is 2. The summed E-state index contributed by atoms with van der Waals surface area (Å²) in [5.41, 5.74) is 2.01. The molecule has 146 valence electrons. The number of benzene rings is 1. The van der Waals surface area contributed by atoms with Crippen LogP contribution in [0.25, 0.3) is 0 Å². The lowest BCUT2D eigenvalue weighted by Crippen LogP contribution is -2.36. The van der Waals surface area contributed by atoms with Crippen LogP contribution in [0.5, 0.6) is 0 Å². The van der Waals surface area contributed by atoms with Crippen LogP contribution in [0.4, 0.5) is 0 Å². The Balaban J connectivity index is 1.83. The van der Waals surface area contributed by atoms with E-state index >= 15 is 0 Å². The molecule has 1 aliphatic rings. The topological polar surface area (TPSA) is 63.2 Å². The van der Waals surface area contributed by atoms with Crippen molar-refractivity contribution in [3.63, 3.8) is 0 Å². The van der Waals surface area contributed by atoms with E-state index in [4.69, 9.17) is 0 Å². The Bertz CT molecular complexity index is 882. The molecular weight excluding hydrogens is 378 g/mol. The minimum absolute atomic E-state index is 0.00783. The molecule has 0 unspecified atom stereocenters. The van der Waals surface area contributed by atoms with Gasteiger partial charge in [0.25, 0.3) is 0 Å². The number of thiophene rings is 1. The summed E-state index contributed by atoms with van der Waals surface area (Å²) in [5.74, 6) is 0.0126. The monoisotopic (exact) mass is 405 g/mol. The Morgan fingerprint density at radius 2 is 1.89 bits per heavy atom. The van der Waals surface area contributed by atoms with Crippen LogP contribution < -0.4 is 5.32 Å². The Kier molecular flexibility index (Phi) is 6.37. The molecule has 1 fully saturated rings. The first-order valence-electron chi connectivity index (χ1n) is 9.52. The fraction of sp³-hybridized carbons (Fsp3) is 0.476. The smallest absolute Gasteiger partial charge is 0.223 e. The summed E-state index contributed by atoms with van der Waals surface area (Å²) in [6, 6.07) is 8.93. The van der Waals surface area contributed by atoms with E-state index in [9.17, 15) is 13.2 Å². The number of hydrogen-bond acceptors (Lipinski definition) is 4. The fourth-order valence-electron chi connectivity index (χ4n) is 3.60. The molecule has 1 aromatic heterocycles. The van der Waals surface area contributed by atoms with Gasteiger partial charge in [0, 0.05) is 17.3 Å². The second kappa shape index (κ2) is 8.57. The fourth-order valence-corrected chi connectivity index (χ4v) is 6.46. The van der Waals surface area contributed by atoms with Gasteiger partial charge in [0.2, 0.25) is 5.91 Å². The number of carbonyl (C=O) groups is 1. The van der Waals surface area contributed by atoms with Crippen molar-refractivity contribution < 1.29 is 13.2 Å². The van der Waals surface area contributed by atoms with Crippen LogP contribution in [0, 0.1) is 19.8 Å². The first-order valence-corrected chi connectivity index (χ1v) is 11.9. The van der Waals surface area contributed by atoms with Crippen molar-refractivity contribution in [2.75, 3.05) is 6.54 Å². The SMILES string of the molecule is Cc1ccc(S(=O)(=O)[C@H](CNC(=O)C2CCCCC2)c2cccs2)cc1C. The molecular formula is C21H27NO3S2. The van der Waals surface area contributed by atoms with Crippen molar-refractivity contribution >= 4 is 27.1 Å². The van der Waals surface area contributed by atoms with Crippen molar-refractivity contribution in [1.82, 2.24) is 5.32 Å². The second-order valence-corrected chi connectivity index (χ2v) is 10.5. The molecule has 1 saturated carbocycles. The van der Waals surface area contributed by atoms with Crippen LogP contribution in [0.1, 0.15) is 53.4 Å². The molecule has 3 rings (SSSR count). The maximum Gasteiger partial charge on any atom is 0.223 e. The third-order valence-corrected chi connectivity index (χ3v) is 8.70. The summed E-state index contributed by atoms with van der Waals surface area (Å²) < 4.78 is 26.7. The zero-order valence-electron chi connectivity index (χ0n) is 15.9. The molecule has 0 spiro atoms. The molecule has 27 heavy (non-hydrogen) atoms. The lowest BCUT2D eigenvalue weighted by atomic mass is 9.89. The quantitative estimate of drug-likeness (QED) is 0.765. The Labute approximate surface area is 165 Å². The maximum atomic E-state index is 13.3. The van der Waals surface area contributed by atoms with Crippen molar-refractivity contribution in [3.05, 3.63) is 51.7 Å². The van der Waals surface area contributed by atoms with E-state index < -0.39 is 15.1 Å². The number of rotatable bonds is 6. The van der Waals surface area contributed by atoms with E-state index in [1.54, 1.807) is 12.1 Å². The van der Waals surface area contributed by atoms with Crippen LogP contribution in [0.3, 0.4) is 0 Å². The predicted octanol–water partition coefficient (Wildman–Crippen LogP) is 4.58. The van der Waals surface area contributed by atoms with E-state index in [2.05, 4.69) is 5.32 Å². The van der Waals surface area contributed by atoms with E-state index in [1.165, 1.54) is 17.8 Å². The normalized spacial score (nSPS) is 16.8. The second-order valence-electron chi connectivity index (χ2n) is 7.38. The zero-order valence-corrected chi connectivity index (χ0v) is 17.5. The average molecular weight is 406 g/mol. The summed E-state index contributed by atoms with van der Waals surface area (Å²) in [4.78, 5) is 13.6. The number of sulfone groups is 1. The van der Waals surface area contributed by atoms with Crippen molar-refractivity contribution in [3.8, 4) is 0 Å². The summed E-state index contributed by atoms with van der Waals surface area (Å²) in [6.45, 7) is 4.00. The molecule has 1 aromatic carbocycles. The summed E-state index contributed by atoms with van der Waals surface area (Å²) in [6.07, 6.45) is 5.14. The first-order chi connectivity index (χ1) is 12.9. The summed E-state index contributed by atoms with van der Waals surface area (Å²) in [5, 5.41) is 4.05. The molecule has 4 nitrogen and oxygen atoms in total. The van der Waals surface area contributed by atoms with Gasteiger partial charge in [-0.2, -0.15) is 0 Å². The average Bonchev–Trinajstić information content (AvgIpc) is 3.18. The van der Waals surface area contributed by atoms with E-state index in [-0.39, 0.29) is 18.4 Å². The van der Waals surface area contributed by atoms with Gasteiger partial charge >= 0.3 is 0 Å². The van der Waals surface area contributed by atoms with Gasteiger partial charge in [0.15, 0.2) is 9.84 Å². The van der Waals surface area contributed by atoms with Gasteiger partial charge in [-0.05, 0) is 61.4 Å². The Hall–Kier alpha value is -1.66. The molecule has 1 aliphatic carbocycles. The highest BCUT2D eigenvalue weighted by Gasteiger charge is 2.31. The highest BCUT2D eigenvalue weighted by molar-refractivity contribution is 7.91. The van der Waals surface area contributed by atoms with Gasteiger partial charge < -0.3 is 5.32 Å². The minimum Gasteiger partial charge on any atom is -0.354 e. The Morgan fingerprint density at radius 1 is 1.15 bits per heavy atom. The van der Waals surface area contributed by atoms with Crippen LogP contribution >= 0.6 is 11.3 Å². The van der Waals surface area contributed by atoms with E-state index in [1.807, 2.05) is 37.4 Å². The molecule has 0 aliphatic heterocycles. The first kappa shape index (κ1) is 20.1. The standard InChI is InChI=1S/C21H27NO3S2/c1-15-10-11-18(13-16(15)2)27(24,25)20(19-9-6-12-26-19)14-22-21(23)17-7-4-3-5-8-17/h6,9-13,17,20H,3-5,7-8,14H2,1-2H3,(H,22,23)/t20-/m1/s1. The van der Waals surface area contributed by atoms with Gasteiger partial charge in [-0.25, -0.2) is 8.42 Å². The number of nitrogens with one attached hydrogen (secondary N) is 1. The number of amides is 1. The van der Waals surface area contributed by atoms with Crippen LogP contribution in [0.15, 0.2) is 40.6 Å². The summed E-state index contributed by atoms with van der Waals surface area (Å²) in [7, 11) is -3.59. The molecule has 1 N–H and O–H groups in total. The molecule has 0 saturated heterocycles. The lowest BCUT2D eigenvalue weighted by molar-refractivity contribution is -0.125. The maximum absolute atomic E-state index is 13.3. The van der Waals surface area contributed by atoms with Gasteiger partial charge in [-0.1, -0.05) is 31.4 Å². The van der Waals surface area contributed by atoms with Crippen LogP contribution in [-0.4, -0.2) is 20.9 Å². The molecule has 2 aromatic rings. The molecule has 0 radical (unpaired) electrons.